The molecule has 3 aliphatic heterocycles. The highest BCUT2D eigenvalue weighted by Gasteiger charge is 2.73. The summed E-state index contributed by atoms with van der Waals surface area (Å²) in [5.74, 6) is -0.707. The van der Waals surface area contributed by atoms with Crippen LogP contribution in [0.25, 0.3) is 5.69 Å². The quantitative estimate of drug-likeness (QED) is 0.590. The molecule has 1 aromatic heterocycles. The summed E-state index contributed by atoms with van der Waals surface area (Å²) < 4.78 is 7.61. The lowest BCUT2D eigenvalue weighted by Crippen LogP contribution is -2.52. The van der Waals surface area contributed by atoms with Gasteiger partial charge in [-0.05, 0) is 61.8 Å². The van der Waals surface area contributed by atoms with Crippen molar-refractivity contribution in [3.8, 4) is 5.69 Å². The standard InChI is InChI=1S/C25H26N6O5/c32-20-5-4-19(22(34)27-20)30-10-14-8-16(2-3-17(14)23(30)35)31-11-18(28-29-31)21(33)26-13-24-9-15(24)12-36-25(24)6-1-7-25/h2-3,8,11,15,19H,1,4-7,9-10,12-13H2,(H,26,33)(H,27,32,34)/t15-,19?,24+/m0/s1. The second kappa shape index (κ2) is 7.45. The highest BCUT2D eigenvalue weighted by atomic mass is 16.5. The summed E-state index contributed by atoms with van der Waals surface area (Å²) in [4.78, 5) is 51.0. The Morgan fingerprint density at radius 2 is 2.11 bits per heavy atom. The van der Waals surface area contributed by atoms with Crippen molar-refractivity contribution in [2.75, 3.05) is 13.2 Å². The Balaban J connectivity index is 1.04. The Morgan fingerprint density at radius 1 is 1.25 bits per heavy atom. The molecule has 1 spiro atoms. The summed E-state index contributed by atoms with van der Waals surface area (Å²) in [6.07, 6.45) is 6.57. The predicted molar refractivity (Wildman–Crippen MR) is 123 cm³/mol. The second-order valence-electron chi connectivity index (χ2n) is 10.7. The number of nitrogens with zero attached hydrogens (tertiary/aromatic N) is 4. The van der Waals surface area contributed by atoms with E-state index >= 15 is 0 Å². The van der Waals surface area contributed by atoms with E-state index in [-0.39, 0.29) is 47.4 Å². The Labute approximate surface area is 206 Å². The van der Waals surface area contributed by atoms with Crippen molar-refractivity contribution in [1.82, 2.24) is 30.5 Å². The molecule has 4 heterocycles. The van der Waals surface area contributed by atoms with Gasteiger partial charge in [-0.1, -0.05) is 5.21 Å². The predicted octanol–water partition coefficient (Wildman–Crippen LogP) is 0.717. The summed E-state index contributed by atoms with van der Waals surface area (Å²) in [6.45, 7) is 1.66. The zero-order valence-corrected chi connectivity index (χ0v) is 19.7. The number of aromatic nitrogens is 3. The van der Waals surface area contributed by atoms with Gasteiger partial charge in [-0.15, -0.1) is 5.10 Å². The zero-order valence-electron chi connectivity index (χ0n) is 19.7. The molecule has 4 amide bonds. The molecule has 186 valence electrons. The molecular formula is C25H26N6O5. The summed E-state index contributed by atoms with van der Waals surface area (Å²) in [5.41, 5.74) is 2.21. The Kier molecular flexibility index (Phi) is 4.48. The van der Waals surface area contributed by atoms with Crippen molar-refractivity contribution >= 4 is 23.6 Å². The van der Waals surface area contributed by atoms with Gasteiger partial charge in [-0.25, -0.2) is 4.68 Å². The Hall–Kier alpha value is -3.60. The zero-order chi connectivity index (χ0) is 24.7. The second-order valence-corrected chi connectivity index (χ2v) is 10.7. The number of nitrogens with one attached hydrogen (secondary N) is 2. The summed E-state index contributed by atoms with van der Waals surface area (Å²) in [7, 11) is 0. The number of imide groups is 1. The minimum absolute atomic E-state index is 0.0356. The van der Waals surface area contributed by atoms with Gasteiger partial charge in [0.05, 0.1) is 24.1 Å². The SMILES string of the molecule is O=C1CCC(N2Cc3cc(-n4cc(C(=O)NC[C@]56C[C@H]5COC65CCC5)nn4)ccc3C2=O)C(=O)N1. The number of fused-ring (bicyclic) bond motifs is 3. The fraction of sp³-hybridized carbons (Fsp3) is 0.520. The highest BCUT2D eigenvalue weighted by molar-refractivity contribution is 6.05. The molecular weight excluding hydrogens is 464 g/mol. The van der Waals surface area contributed by atoms with Crippen molar-refractivity contribution in [3.63, 3.8) is 0 Å². The molecule has 4 fully saturated rings. The summed E-state index contributed by atoms with van der Waals surface area (Å²) in [5, 5.41) is 13.6. The van der Waals surface area contributed by atoms with Gasteiger partial charge in [0.15, 0.2) is 5.69 Å². The van der Waals surface area contributed by atoms with Crippen molar-refractivity contribution in [3.05, 3.63) is 41.2 Å². The molecule has 2 aromatic rings. The van der Waals surface area contributed by atoms with Crippen LogP contribution in [0.2, 0.25) is 0 Å². The van der Waals surface area contributed by atoms with Crippen molar-refractivity contribution in [1.29, 1.82) is 0 Å². The molecule has 2 aliphatic carbocycles. The van der Waals surface area contributed by atoms with Gasteiger partial charge >= 0.3 is 0 Å². The van der Waals surface area contributed by atoms with Crippen LogP contribution in [-0.2, 0) is 20.9 Å². The summed E-state index contributed by atoms with van der Waals surface area (Å²) in [6, 6.07) is 4.60. The number of rotatable bonds is 5. The van der Waals surface area contributed by atoms with Gasteiger partial charge < -0.3 is 15.0 Å². The molecule has 7 rings (SSSR count). The van der Waals surface area contributed by atoms with Crippen LogP contribution < -0.4 is 10.6 Å². The minimum atomic E-state index is -0.664. The van der Waals surface area contributed by atoms with Crippen molar-refractivity contribution in [2.45, 2.75) is 56.7 Å². The van der Waals surface area contributed by atoms with Crippen LogP contribution in [0.5, 0.6) is 0 Å². The van der Waals surface area contributed by atoms with Crippen LogP contribution in [0.1, 0.15) is 64.9 Å². The van der Waals surface area contributed by atoms with Crippen LogP contribution in [0.4, 0.5) is 0 Å². The molecule has 3 atom stereocenters. The molecule has 36 heavy (non-hydrogen) atoms. The molecule has 2 N–H and O–H groups in total. The molecule has 11 heteroatoms. The Morgan fingerprint density at radius 3 is 2.86 bits per heavy atom. The summed E-state index contributed by atoms with van der Waals surface area (Å²) >= 11 is 0. The van der Waals surface area contributed by atoms with Crippen LogP contribution in [-0.4, -0.2) is 68.3 Å². The van der Waals surface area contributed by atoms with E-state index in [2.05, 4.69) is 20.9 Å². The molecule has 2 saturated heterocycles. The topological polar surface area (TPSA) is 136 Å². The number of carbonyl (C=O) groups excluding carboxylic acids is 4. The third-order valence-corrected chi connectivity index (χ3v) is 8.92. The van der Waals surface area contributed by atoms with Crippen LogP contribution in [0, 0.1) is 11.3 Å². The first-order valence-corrected chi connectivity index (χ1v) is 12.5. The minimum Gasteiger partial charge on any atom is -0.374 e. The lowest BCUT2D eigenvalue weighted by atomic mass is 9.68. The van der Waals surface area contributed by atoms with Gasteiger partial charge in [0.25, 0.3) is 11.8 Å². The maximum Gasteiger partial charge on any atom is 0.273 e. The van der Waals surface area contributed by atoms with E-state index < -0.39 is 11.9 Å². The third kappa shape index (κ3) is 3.01. The number of carbonyl (C=O) groups is 4. The first kappa shape index (κ1) is 21.7. The van der Waals surface area contributed by atoms with Gasteiger partial charge in [0, 0.05) is 30.5 Å². The molecule has 0 radical (unpaired) electrons. The number of amides is 4. The maximum absolute atomic E-state index is 12.9. The molecule has 2 saturated carbocycles. The van der Waals surface area contributed by atoms with Crippen molar-refractivity contribution in [2.24, 2.45) is 11.3 Å². The normalized spacial score (nSPS) is 29.6. The van der Waals surface area contributed by atoms with Crippen molar-refractivity contribution < 1.29 is 23.9 Å². The van der Waals surface area contributed by atoms with E-state index in [0.29, 0.717) is 30.1 Å². The van der Waals surface area contributed by atoms with E-state index in [1.54, 1.807) is 18.3 Å². The van der Waals surface area contributed by atoms with E-state index in [4.69, 9.17) is 4.74 Å². The lowest BCUT2D eigenvalue weighted by molar-refractivity contribution is -0.136. The van der Waals surface area contributed by atoms with Crippen LogP contribution in [0.15, 0.2) is 24.4 Å². The van der Waals surface area contributed by atoms with E-state index in [9.17, 15) is 19.2 Å². The monoisotopic (exact) mass is 490 g/mol. The van der Waals surface area contributed by atoms with Gasteiger partial charge in [-0.3, -0.25) is 24.5 Å². The Bertz CT molecular complexity index is 1330. The smallest absolute Gasteiger partial charge is 0.273 e. The van der Waals surface area contributed by atoms with E-state index in [1.807, 2.05) is 6.07 Å². The fourth-order valence-electron chi connectivity index (χ4n) is 6.60. The number of piperidine rings is 1. The number of hydrogen-bond donors (Lipinski definition) is 2. The van der Waals surface area contributed by atoms with Gasteiger partial charge in [-0.2, -0.15) is 0 Å². The molecule has 0 bridgehead atoms. The highest BCUT2D eigenvalue weighted by Crippen LogP contribution is 2.70. The van der Waals surface area contributed by atoms with Crippen LogP contribution >= 0.6 is 0 Å². The van der Waals surface area contributed by atoms with Crippen LogP contribution in [0.3, 0.4) is 0 Å². The average Bonchev–Trinajstić information content (AvgIpc) is 3.16. The first-order chi connectivity index (χ1) is 17.4. The van der Waals surface area contributed by atoms with Gasteiger partial charge in [0.1, 0.15) is 6.04 Å². The lowest BCUT2D eigenvalue weighted by Gasteiger charge is -2.45. The maximum atomic E-state index is 12.9. The first-order valence-electron chi connectivity index (χ1n) is 12.5. The van der Waals surface area contributed by atoms with Gasteiger partial charge in [0.2, 0.25) is 11.8 Å². The third-order valence-electron chi connectivity index (χ3n) is 8.92. The largest absolute Gasteiger partial charge is 0.374 e. The molecule has 1 aromatic carbocycles. The number of benzene rings is 1. The number of hydrogen-bond acceptors (Lipinski definition) is 7. The van der Waals surface area contributed by atoms with E-state index in [0.717, 1.165) is 31.4 Å². The number of ether oxygens (including phenoxy) is 1. The molecule has 1 unspecified atom stereocenters. The molecule has 5 aliphatic rings. The average molecular weight is 491 g/mol. The van der Waals surface area contributed by atoms with E-state index in [1.165, 1.54) is 16.0 Å². The fourth-order valence-corrected chi connectivity index (χ4v) is 6.60. The molecule has 11 nitrogen and oxygen atoms in total.